The molecule has 3 N–H and O–H groups in total. The summed E-state index contributed by atoms with van der Waals surface area (Å²) in [7, 11) is 1.08. The maximum Gasteiger partial charge on any atom is 0.265 e. The Bertz CT molecular complexity index is 731. The van der Waals surface area contributed by atoms with Gasteiger partial charge in [-0.05, 0) is 12.8 Å². The van der Waals surface area contributed by atoms with Gasteiger partial charge in [-0.2, -0.15) is 0 Å². The third-order valence-electron chi connectivity index (χ3n) is 5.05. The fraction of sp³-hybridized carbons (Fsp3) is 0.625. The second kappa shape index (κ2) is 6.43. The number of alkyl halides is 2. The van der Waals surface area contributed by atoms with Gasteiger partial charge in [0.2, 0.25) is 5.92 Å². The van der Waals surface area contributed by atoms with Crippen molar-refractivity contribution in [3.8, 4) is 0 Å². The highest BCUT2D eigenvalue weighted by Gasteiger charge is 2.61. The van der Waals surface area contributed by atoms with Gasteiger partial charge in [0.25, 0.3) is 5.91 Å². The maximum atomic E-state index is 14.7. The number of anilines is 1. The van der Waals surface area contributed by atoms with Crippen LogP contribution < -0.4 is 10.6 Å². The van der Waals surface area contributed by atoms with Crippen molar-refractivity contribution < 1.29 is 32.2 Å². The SMILES string of the molecule is CO[C@]1([C@@H]2CCCC(F)(F)C2)C(=O)N(CC(N)O)c2ncc(F)c(F)c21. The first-order valence-corrected chi connectivity index (χ1v) is 8.17. The molecule has 1 fully saturated rings. The molecule has 1 aliphatic heterocycles. The molecule has 0 radical (unpaired) electrons. The minimum absolute atomic E-state index is 0.106. The average molecular weight is 377 g/mol. The maximum absolute atomic E-state index is 14.7. The predicted octanol–water partition coefficient (Wildman–Crippen LogP) is 1.65. The van der Waals surface area contributed by atoms with Crippen molar-refractivity contribution in [2.75, 3.05) is 18.6 Å². The molecule has 2 heterocycles. The molecule has 10 heteroatoms. The smallest absolute Gasteiger partial charge is 0.265 e. The van der Waals surface area contributed by atoms with Gasteiger partial charge in [-0.25, -0.2) is 22.5 Å². The number of aliphatic hydroxyl groups excluding tert-OH is 1. The molecule has 3 atom stereocenters. The Morgan fingerprint density at radius 1 is 1.50 bits per heavy atom. The number of rotatable bonds is 4. The van der Waals surface area contributed by atoms with E-state index in [4.69, 9.17) is 10.5 Å². The van der Waals surface area contributed by atoms with Crippen LogP contribution >= 0.6 is 0 Å². The van der Waals surface area contributed by atoms with Crippen LogP contribution in [0.15, 0.2) is 6.20 Å². The molecule has 3 rings (SSSR count). The molecule has 1 saturated carbocycles. The molecule has 26 heavy (non-hydrogen) atoms. The fourth-order valence-electron chi connectivity index (χ4n) is 4.00. The molecule has 1 aromatic rings. The van der Waals surface area contributed by atoms with Crippen LogP contribution in [0, 0.1) is 17.6 Å². The summed E-state index contributed by atoms with van der Waals surface area (Å²) in [5.41, 5.74) is 2.65. The molecule has 0 bridgehead atoms. The van der Waals surface area contributed by atoms with Crippen LogP contribution in [0.25, 0.3) is 0 Å². The van der Waals surface area contributed by atoms with E-state index in [0.29, 0.717) is 6.20 Å². The van der Waals surface area contributed by atoms with Gasteiger partial charge < -0.3 is 15.6 Å². The quantitative estimate of drug-likeness (QED) is 0.615. The highest BCUT2D eigenvalue weighted by Crippen LogP contribution is 2.53. The molecule has 0 saturated heterocycles. The summed E-state index contributed by atoms with van der Waals surface area (Å²) in [6, 6.07) is 0. The van der Waals surface area contributed by atoms with Gasteiger partial charge >= 0.3 is 0 Å². The van der Waals surface area contributed by atoms with Crippen molar-refractivity contribution in [3.63, 3.8) is 0 Å². The second-order valence-electron chi connectivity index (χ2n) is 6.69. The molecule has 0 spiro atoms. The Kier molecular flexibility index (Phi) is 4.70. The molecule has 1 aromatic heterocycles. The molecule has 0 aromatic carbocycles. The summed E-state index contributed by atoms with van der Waals surface area (Å²) in [6.45, 7) is -0.460. The number of β-amino-alcohol motifs (C(OH)–C–C–N with tert-alkyl or cyclic N) is 1. The Labute approximate surface area is 146 Å². The number of fused-ring (bicyclic) bond motifs is 1. The van der Waals surface area contributed by atoms with Crippen molar-refractivity contribution in [2.45, 2.75) is 43.4 Å². The summed E-state index contributed by atoms with van der Waals surface area (Å²) >= 11 is 0. The number of hydrogen-bond donors (Lipinski definition) is 2. The number of aliphatic hydroxyl groups is 1. The number of pyridine rings is 1. The normalized spacial score (nSPS) is 29.0. The number of carbonyl (C=O) groups is 1. The molecular weight excluding hydrogens is 358 g/mol. The zero-order chi connectivity index (χ0) is 19.3. The largest absolute Gasteiger partial charge is 0.377 e. The van der Waals surface area contributed by atoms with Gasteiger partial charge in [0.15, 0.2) is 17.2 Å². The summed E-state index contributed by atoms with van der Waals surface area (Å²) in [4.78, 5) is 17.7. The molecule has 2 aliphatic rings. The van der Waals surface area contributed by atoms with Crippen molar-refractivity contribution >= 4 is 11.7 Å². The second-order valence-corrected chi connectivity index (χ2v) is 6.69. The van der Waals surface area contributed by atoms with Gasteiger partial charge in [-0.1, -0.05) is 0 Å². The van der Waals surface area contributed by atoms with E-state index in [-0.39, 0.29) is 25.1 Å². The summed E-state index contributed by atoms with van der Waals surface area (Å²) in [5.74, 6) is -8.01. The fourth-order valence-corrected chi connectivity index (χ4v) is 4.00. The van der Waals surface area contributed by atoms with Gasteiger partial charge in [-0.15, -0.1) is 0 Å². The van der Waals surface area contributed by atoms with Crippen LogP contribution in [-0.2, 0) is 15.1 Å². The summed E-state index contributed by atoms with van der Waals surface area (Å²) < 4.78 is 61.8. The number of nitrogens with zero attached hydrogens (tertiary/aromatic N) is 2. The molecule has 1 unspecified atom stereocenters. The van der Waals surface area contributed by atoms with Crippen LogP contribution in [0.2, 0.25) is 0 Å². The van der Waals surface area contributed by atoms with Crippen molar-refractivity contribution in [1.29, 1.82) is 0 Å². The zero-order valence-electron chi connectivity index (χ0n) is 14.0. The Morgan fingerprint density at radius 3 is 2.77 bits per heavy atom. The highest BCUT2D eigenvalue weighted by molar-refractivity contribution is 6.06. The lowest BCUT2D eigenvalue weighted by Crippen LogP contribution is -2.52. The molecular formula is C16H19F4N3O3. The summed E-state index contributed by atoms with van der Waals surface area (Å²) in [5, 5.41) is 9.44. The monoisotopic (exact) mass is 377 g/mol. The minimum Gasteiger partial charge on any atom is -0.377 e. The molecule has 1 amide bonds. The molecule has 144 valence electrons. The minimum atomic E-state index is -3.05. The van der Waals surface area contributed by atoms with Crippen LogP contribution in [0.4, 0.5) is 23.4 Å². The number of nitrogens with two attached hydrogens (primary N) is 1. The number of ether oxygens (including phenoxy) is 1. The Hall–Kier alpha value is -1.78. The predicted molar refractivity (Wildman–Crippen MR) is 82.3 cm³/mol. The van der Waals surface area contributed by atoms with Crippen LogP contribution in [0.3, 0.4) is 0 Å². The standard InChI is InChI=1S/C16H19F4N3O3/c1-26-16(8-3-2-4-15(19,20)5-8)11-12(18)9(17)6-22-13(11)23(14(16)25)7-10(21)24/h6,8,10,24H,2-5,7,21H2,1H3/t8-,10?,16+/m1/s1. The van der Waals surface area contributed by atoms with Gasteiger partial charge in [0.1, 0.15) is 12.0 Å². The summed E-state index contributed by atoms with van der Waals surface area (Å²) in [6.07, 6.45) is -1.68. The van der Waals surface area contributed by atoms with Crippen LogP contribution in [-0.4, -0.2) is 41.8 Å². The first kappa shape index (κ1) is 19.0. The third kappa shape index (κ3) is 2.76. The number of carbonyl (C=O) groups excluding carboxylic acids is 1. The van der Waals surface area contributed by atoms with Crippen molar-refractivity contribution in [2.24, 2.45) is 11.7 Å². The third-order valence-corrected chi connectivity index (χ3v) is 5.05. The lowest BCUT2D eigenvalue weighted by atomic mass is 9.72. The zero-order valence-corrected chi connectivity index (χ0v) is 14.0. The first-order valence-electron chi connectivity index (χ1n) is 8.17. The number of aromatic nitrogens is 1. The lowest BCUT2D eigenvalue weighted by Gasteiger charge is -2.40. The van der Waals surface area contributed by atoms with Gasteiger partial charge in [0, 0.05) is 25.9 Å². The molecule has 6 nitrogen and oxygen atoms in total. The first-order chi connectivity index (χ1) is 12.1. The van der Waals surface area contributed by atoms with E-state index >= 15 is 0 Å². The van der Waals surface area contributed by atoms with Gasteiger partial charge in [-0.3, -0.25) is 9.69 Å². The average Bonchev–Trinajstić information content (AvgIpc) is 2.79. The van der Waals surface area contributed by atoms with Crippen molar-refractivity contribution in [3.05, 3.63) is 23.4 Å². The number of hydrogen-bond acceptors (Lipinski definition) is 5. The van der Waals surface area contributed by atoms with Crippen LogP contribution in [0.5, 0.6) is 0 Å². The van der Waals surface area contributed by atoms with E-state index in [9.17, 15) is 27.5 Å². The lowest BCUT2D eigenvalue weighted by molar-refractivity contribution is -0.160. The highest BCUT2D eigenvalue weighted by atomic mass is 19.3. The number of methoxy groups -OCH3 is 1. The van der Waals surface area contributed by atoms with E-state index < -0.39 is 59.7 Å². The van der Waals surface area contributed by atoms with E-state index in [1.165, 1.54) is 0 Å². The van der Waals surface area contributed by atoms with E-state index in [1.54, 1.807) is 0 Å². The van der Waals surface area contributed by atoms with Crippen LogP contribution in [0.1, 0.15) is 31.2 Å². The van der Waals surface area contributed by atoms with E-state index in [1.807, 2.05) is 0 Å². The number of halogens is 4. The number of amides is 1. The Morgan fingerprint density at radius 2 is 2.19 bits per heavy atom. The van der Waals surface area contributed by atoms with Crippen molar-refractivity contribution in [1.82, 2.24) is 4.98 Å². The van der Waals surface area contributed by atoms with E-state index in [2.05, 4.69) is 4.98 Å². The Balaban J connectivity index is 2.19. The van der Waals surface area contributed by atoms with E-state index in [0.717, 1.165) is 12.0 Å². The van der Waals surface area contributed by atoms with Gasteiger partial charge in [0.05, 0.1) is 18.3 Å². The topological polar surface area (TPSA) is 88.7 Å². The molecule has 1 aliphatic carbocycles.